The molecule has 5 nitrogen and oxygen atoms in total. The molecule has 0 amide bonds. The molecule has 0 fully saturated rings. The molecule has 1 aromatic heterocycles. The topological polar surface area (TPSA) is 71.1 Å². The molecule has 1 unspecified atom stereocenters. The molecule has 0 aliphatic carbocycles. The molecule has 0 saturated carbocycles. The quantitative estimate of drug-likeness (QED) is 0.825. The van der Waals surface area contributed by atoms with Crippen molar-refractivity contribution in [2.24, 2.45) is 0 Å². The first-order chi connectivity index (χ1) is 8.59. The van der Waals surface area contributed by atoms with Crippen LogP contribution >= 0.6 is 0 Å². The van der Waals surface area contributed by atoms with E-state index in [1.807, 2.05) is 6.92 Å². The van der Waals surface area contributed by atoms with Crippen LogP contribution < -0.4 is 10.0 Å². The Balaban J connectivity index is 2.58. The number of pyridine rings is 1. The van der Waals surface area contributed by atoms with Gasteiger partial charge in [-0.05, 0) is 32.9 Å². The van der Waals surface area contributed by atoms with E-state index in [-0.39, 0.29) is 11.9 Å². The van der Waals surface area contributed by atoms with E-state index in [1.165, 1.54) is 6.07 Å². The Bertz CT molecular complexity index is 514. The second-order valence-corrected chi connectivity index (χ2v) is 7.01. The Hall–Kier alpha value is -1.05. The standard InChI is InChI=1S/C12H20FN3O2S/c1-9(11-6-5-10(13)7-14-11)15-8-12(2,3)16-19(4,17)18/h5-7,9,15-16H,8H2,1-4H3. The smallest absolute Gasteiger partial charge is 0.209 e. The number of hydrogen-bond acceptors (Lipinski definition) is 4. The number of sulfonamides is 1. The first-order valence-electron chi connectivity index (χ1n) is 5.93. The fraction of sp³-hybridized carbons (Fsp3) is 0.583. The predicted molar refractivity (Wildman–Crippen MR) is 72.7 cm³/mol. The first kappa shape index (κ1) is 16.0. The third-order valence-electron chi connectivity index (χ3n) is 2.51. The number of nitrogens with zero attached hydrogens (tertiary/aromatic N) is 1. The molecule has 0 spiro atoms. The number of nitrogens with one attached hydrogen (secondary N) is 2. The van der Waals surface area contributed by atoms with Gasteiger partial charge in [0.25, 0.3) is 0 Å². The molecule has 2 N–H and O–H groups in total. The van der Waals surface area contributed by atoms with Crippen LogP contribution in [0.4, 0.5) is 4.39 Å². The van der Waals surface area contributed by atoms with Gasteiger partial charge >= 0.3 is 0 Å². The maximum absolute atomic E-state index is 12.8. The summed E-state index contributed by atoms with van der Waals surface area (Å²) in [5.74, 6) is -0.380. The average Bonchev–Trinajstić information content (AvgIpc) is 2.24. The van der Waals surface area contributed by atoms with Gasteiger partial charge < -0.3 is 5.32 Å². The van der Waals surface area contributed by atoms with Crippen LogP contribution in [-0.2, 0) is 10.0 Å². The molecule has 0 radical (unpaired) electrons. The van der Waals surface area contributed by atoms with Gasteiger partial charge in [0.2, 0.25) is 10.0 Å². The number of aromatic nitrogens is 1. The van der Waals surface area contributed by atoms with Crippen LogP contribution in [0.5, 0.6) is 0 Å². The van der Waals surface area contributed by atoms with Crippen molar-refractivity contribution in [1.29, 1.82) is 0 Å². The summed E-state index contributed by atoms with van der Waals surface area (Å²) < 4.78 is 37.7. The normalized spacial score (nSPS) is 14.4. The van der Waals surface area contributed by atoms with Crippen molar-refractivity contribution in [2.75, 3.05) is 12.8 Å². The van der Waals surface area contributed by atoms with Crippen molar-refractivity contribution in [2.45, 2.75) is 32.4 Å². The highest BCUT2D eigenvalue weighted by atomic mass is 32.2. The SMILES string of the molecule is CC(NCC(C)(C)NS(C)(=O)=O)c1ccc(F)cn1. The van der Waals surface area contributed by atoms with Crippen LogP contribution in [0.2, 0.25) is 0 Å². The maximum Gasteiger partial charge on any atom is 0.209 e. The highest BCUT2D eigenvalue weighted by Crippen LogP contribution is 2.11. The summed E-state index contributed by atoms with van der Waals surface area (Å²) in [6.45, 7) is 5.88. The van der Waals surface area contributed by atoms with E-state index in [0.29, 0.717) is 12.2 Å². The Kier molecular flexibility index (Phi) is 5.00. The summed E-state index contributed by atoms with van der Waals surface area (Å²) in [6, 6.07) is 2.85. The summed E-state index contributed by atoms with van der Waals surface area (Å²) in [4.78, 5) is 3.98. The molecule has 1 heterocycles. The molecule has 0 aliphatic rings. The average molecular weight is 289 g/mol. The van der Waals surface area contributed by atoms with E-state index in [9.17, 15) is 12.8 Å². The predicted octanol–water partition coefficient (Wildman–Crippen LogP) is 1.20. The fourth-order valence-electron chi connectivity index (χ4n) is 1.69. The third kappa shape index (κ3) is 6.09. The van der Waals surface area contributed by atoms with Crippen molar-refractivity contribution in [3.05, 3.63) is 29.8 Å². The minimum Gasteiger partial charge on any atom is -0.307 e. The van der Waals surface area contributed by atoms with Gasteiger partial charge in [0, 0.05) is 18.1 Å². The van der Waals surface area contributed by atoms with Crippen LogP contribution in [0.1, 0.15) is 32.5 Å². The lowest BCUT2D eigenvalue weighted by Crippen LogP contribution is -2.50. The van der Waals surface area contributed by atoms with Crippen molar-refractivity contribution in [1.82, 2.24) is 15.0 Å². The van der Waals surface area contributed by atoms with E-state index < -0.39 is 15.6 Å². The molecule has 0 aliphatic heterocycles. The van der Waals surface area contributed by atoms with Crippen molar-refractivity contribution in [3.63, 3.8) is 0 Å². The largest absolute Gasteiger partial charge is 0.307 e. The fourth-order valence-corrected chi connectivity index (χ4v) is 2.77. The lowest BCUT2D eigenvalue weighted by atomic mass is 10.1. The van der Waals surface area contributed by atoms with Gasteiger partial charge in [0.1, 0.15) is 5.82 Å². The molecule has 7 heteroatoms. The number of halogens is 1. The lowest BCUT2D eigenvalue weighted by Gasteiger charge is -2.27. The summed E-state index contributed by atoms with van der Waals surface area (Å²) in [6.07, 6.45) is 2.28. The van der Waals surface area contributed by atoms with Crippen LogP contribution in [0, 0.1) is 5.82 Å². The molecule has 0 saturated heterocycles. The van der Waals surface area contributed by atoms with E-state index in [0.717, 1.165) is 12.5 Å². The Morgan fingerprint density at radius 1 is 1.42 bits per heavy atom. The van der Waals surface area contributed by atoms with Gasteiger partial charge in [-0.1, -0.05) is 0 Å². The third-order valence-corrected chi connectivity index (χ3v) is 3.43. The Morgan fingerprint density at radius 2 is 2.05 bits per heavy atom. The molecule has 19 heavy (non-hydrogen) atoms. The van der Waals surface area contributed by atoms with Crippen LogP contribution in [0.25, 0.3) is 0 Å². The second kappa shape index (κ2) is 5.94. The second-order valence-electron chi connectivity index (χ2n) is 5.26. The van der Waals surface area contributed by atoms with Crippen LogP contribution in [0.3, 0.4) is 0 Å². The van der Waals surface area contributed by atoms with Gasteiger partial charge in [-0.2, -0.15) is 0 Å². The van der Waals surface area contributed by atoms with Gasteiger partial charge in [-0.3, -0.25) is 4.98 Å². The summed E-state index contributed by atoms with van der Waals surface area (Å²) in [5.41, 5.74) is 0.0959. The molecule has 108 valence electrons. The summed E-state index contributed by atoms with van der Waals surface area (Å²) >= 11 is 0. The lowest BCUT2D eigenvalue weighted by molar-refractivity contribution is 0.396. The van der Waals surface area contributed by atoms with E-state index >= 15 is 0 Å². The molecule has 1 rings (SSSR count). The maximum atomic E-state index is 12.8. The zero-order chi connectivity index (χ0) is 14.7. The van der Waals surface area contributed by atoms with Crippen molar-refractivity contribution >= 4 is 10.0 Å². The van der Waals surface area contributed by atoms with Gasteiger partial charge in [-0.25, -0.2) is 17.5 Å². The minimum absolute atomic E-state index is 0.0961. The molecule has 0 aromatic carbocycles. The Morgan fingerprint density at radius 3 is 2.53 bits per heavy atom. The van der Waals surface area contributed by atoms with Crippen molar-refractivity contribution < 1.29 is 12.8 Å². The molecule has 1 atom stereocenters. The molecular weight excluding hydrogens is 269 g/mol. The molecule has 0 bridgehead atoms. The van der Waals surface area contributed by atoms with Crippen LogP contribution in [0.15, 0.2) is 18.3 Å². The number of hydrogen-bond donors (Lipinski definition) is 2. The van der Waals surface area contributed by atoms with Gasteiger partial charge in [0.15, 0.2) is 0 Å². The molecule has 1 aromatic rings. The van der Waals surface area contributed by atoms with E-state index in [1.54, 1.807) is 19.9 Å². The first-order valence-corrected chi connectivity index (χ1v) is 7.82. The molecular formula is C12H20FN3O2S. The van der Waals surface area contributed by atoms with Crippen molar-refractivity contribution in [3.8, 4) is 0 Å². The summed E-state index contributed by atoms with van der Waals surface area (Å²) in [5, 5.41) is 3.17. The van der Waals surface area contributed by atoms with E-state index in [2.05, 4.69) is 15.0 Å². The minimum atomic E-state index is -3.26. The van der Waals surface area contributed by atoms with E-state index in [4.69, 9.17) is 0 Å². The monoisotopic (exact) mass is 289 g/mol. The highest BCUT2D eigenvalue weighted by molar-refractivity contribution is 7.88. The summed E-state index contributed by atoms with van der Waals surface area (Å²) in [7, 11) is -3.26. The van der Waals surface area contributed by atoms with Crippen LogP contribution in [-0.4, -0.2) is 31.7 Å². The zero-order valence-corrected chi connectivity index (χ0v) is 12.4. The zero-order valence-electron chi connectivity index (χ0n) is 11.6. The van der Waals surface area contributed by atoms with Gasteiger partial charge in [0.05, 0.1) is 18.1 Å². The van der Waals surface area contributed by atoms with Gasteiger partial charge in [-0.15, -0.1) is 0 Å². The Labute approximate surface area is 113 Å². The highest BCUT2D eigenvalue weighted by Gasteiger charge is 2.22. The number of rotatable bonds is 6.